The van der Waals surface area contributed by atoms with Crippen LogP contribution in [0.25, 0.3) is 21.7 Å². The molecule has 0 N–H and O–H groups in total. The number of halogens is 1. The molecule has 142 valence electrons. The summed E-state index contributed by atoms with van der Waals surface area (Å²) >= 11 is 3.46. The van der Waals surface area contributed by atoms with Crippen LogP contribution in [-0.4, -0.2) is 7.11 Å². The van der Waals surface area contributed by atoms with Crippen molar-refractivity contribution in [1.82, 2.24) is 0 Å². The van der Waals surface area contributed by atoms with Crippen molar-refractivity contribution >= 4 is 37.7 Å². The highest BCUT2D eigenvalue weighted by atomic mass is 79.9. The van der Waals surface area contributed by atoms with Gasteiger partial charge in [-0.1, -0.05) is 47.1 Å². The Hall–Kier alpha value is -2.79. The number of aryl methyl sites for hydroxylation is 1. The molecule has 0 saturated carbocycles. The van der Waals surface area contributed by atoms with Gasteiger partial charge in [0, 0.05) is 21.3 Å². The van der Waals surface area contributed by atoms with Gasteiger partial charge in [-0.2, -0.15) is 0 Å². The molecule has 1 aromatic heterocycles. The summed E-state index contributed by atoms with van der Waals surface area (Å²) in [6, 6.07) is 17.4. The van der Waals surface area contributed by atoms with E-state index in [1.54, 1.807) is 13.2 Å². The molecule has 3 aromatic carbocycles. The van der Waals surface area contributed by atoms with Crippen molar-refractivity contribution in [3.63, 3.8) is 0 Å². The Kier molecular flexibility index (Phi) is 5.09. The predicted octanol–water partition coefficient (Wildman–Crippen LogP) is 5.86. The largest absolute Gasteiger partial charge is 0.493 e. The summed E-state index contributed by atoms with van der Waals surface area (Å²) in [4.78, 5) is 12.5. The maximum absolute atomic E-state index is 12.5. The molecule has 0 aliphatic carbocycles. The molecule has 1 heterocycles. The minimum atomic E-state index is -0.346. The average Bonchev–Trinajstić information content (AvgIpc) is 2.71. The number of hydrogen-bond donors (Lipinski definition) is 0. The summed E-state index contributed by atoms with van der Waals surface area (Å²) in [5.74, 6) is 1.12. The Labute approximate surface area is 170 Å². The fraction of sp³-hybridized carbons (Fsp3) is 0.174. The van der Waals surface area contributed by atoms with Crippen LogP contribution in [-0.2, 0) is 13.0 Å². The second kappa shape index (κ2) is 7.68. The molecule has 28 heavy (non-hydrogen) atoms. The molecule has 0 aliphatic heterocycles. The van der Waals surface area contributed by atoms with Gasteiger partial charge in [0.15, 0.2) is 11.5 Å². The quantitative estimate of drug-likeness (QED) is 0.289. The first-order valence-corrected chi connectivity index (χ1v) is 9.83. The molecule has 0 radical (unpaired) electrons. The van der Waals surface area contributed by atoms with E-state index in [9.17, 15) is 4.79 Å². The molecule has 5 heteroatoms. The molecule has 0 spiro atoms. The molecular weight excluding hydrogens is 420 g/mol. The van der Waals surface area contributed by atoms with Gasteiger partial charge < -0.3 is 13.9 Å². The monoisotopic (exact) mass is 438 g/mol. The van der Waals surface area contributed by atoms with Crippen molar-refractivity contribution in [3.05, 3.63) is 80.6 Å². The van der Waals surface area contributed by atoms with Crippen molar-refractivity contribution < 1.29 is 13.9 Å². The molecule has 0 amide bonds. The smallest absolute Gasteiger partial charge is 0.344 e. The highest BCUT2D eigenvalue weighted by Gasteiger charge is 2.14. The van der Waals surface area contributed by atoms with E-state index in [0.29, 0.717) is 29.1 Å². The number of methoxy groups -OCH3 is 1. The minimum absolute atomic E-state index is 0.346. The molecule has 0 aliphatic rings. The molecule has 0 fully saturated rings. The first-order valence-electron chi connectivity index (χ1n) is 9.03. The predicted molar refractivity (Wildman–Crippen MR) is 114 cm³/mol. The highest BCUT2D eigenvalue weighted by molar-refractivity contribution is 9.10. The zero-order chi connectivity index (χ0) is 19.7. The number of ether oxygens (including phenoxy) is 2. The van der Waals surface area contributed by atoms with Crippen LogP contribution in [0.5, 0.6) is 11.5 Å². The van der Waals surface area contributed by atoms with Crippen LogP contribution in [0.1, 0.15) is 18.1 Å². The van der Waals surface area contributed by atoms with Gasteiger partial charge in [-0.3, -0.25) is 0 Å². The fourth-order valence-electron chi connectivity index (χ4n) is 3.27. The van der Waals surface area contributed by atoms with Gasteiger partial charge in [-0.25, -0.2) is 4.79 Å². The van der Waals surface area contributed by atoms with Gasteiger partial charge in [0.1, 0.15) is 12.2 Å². The number of fused-ring (bicyclic) bond motifs is 3. The zero-order valence-electron chi connectivity index (χ0n) is 15.6. The standard InChI is InChI=1S/C23H19BrO4/c1-3-14-7-8-17-18-11-21(26-2)22(12-20(18)28-23(25)19(17)10-14)27-13-15-5-4-6-16(24)9-15/h4-12H,3,13H2,1-2H3. The first kappa shape index (κ1) is 18.6. The topological polar surface area (TPSA) is 48.7 Å². The lowest BCUT2D eigenvalue weighted by atomic mass is 10.0. The Morgan fingerprint density at radius 3 is 2.54 bits per heavy atom. The Morgan fingerprint density at radius 1 is 0.929 bits per heavy atom. The Morgan fingerprint density at radius 2 is 1.79 bits per heavy atom. The molecule has 0 bridgehead atoms. The highest BCUT2D eigenvalue weighted by Crippen LogP contribution is 2.35. The second-order valence-electron chi connectivity index (χ2n) is 6.54. The third-order valence-electron chi connectivity index (χ3n) is 4.75. The maximum atomic E-state index is 12.5. The van der Waals surface area contributed by atoms with Crippen LogP contribution in [0.2, 0.25) is 0 Å². The van der Waals surface area contributed by atoms with E-state index in [1.165, 1.54) is 0 Å². The van der Waals surface area contributed by atoms with Crippen molar-refractivity contribution in [2.24, 2.45) is 0 Å². The van der Waals surface area contributed by atoms with Crippen LogP contribution in [0.3, 0.4) is 0 Å². The number of benzene rings is 3. The summed E-state index contributed by atoms with van der Waals surface area (Å²) in [5, 5.41) is 2.25. The molecule has 0 atom stereocenters. The van der Waals surface area contributed by atoms with Gasteiger partial charge in [0.05, 0.1) is 12.5 Å². The van der Waals surface area contributed by atoms with Gasteiger partial charge in [0.25, 0.3) is 0 Å². The van der Waals surface area contributed by atoms with E-state index in [2.05, 4.69) is 22.9 Å². The summed E-state index contributed by atoms with van der Waals surface area (Å²) in [6.07, 6.45) is 0.860. The van der Waals surface area contributed by atoms with E-state index < -0.39 is 0 Å². The van der Waals surface area contributed by atoms with Crippen LogP contribution < -0.4 is 15.1 Å². The normalized spacial score (nSPS) is 11.1. The van der Waals surface area contributed by atoms with Crippen LogP contribution in [0.15, 0.2) is 68.3 Å². The molecule has 0 saturated heterocycles. The van der Waals surface area contributed by atoms with Crippen molar-refractivity contribution in [2.75, 3.05) is 7.11 Å². The molecule has 4 nitrogen and oxygen atoms in total. The lowest BCUT2D eigenvalue weighted by Gasteiger charge is -2.13. The van der Waals surface area contributed by atoms with E-state index in [1.807, 2.05) is 48.5 Å². The van der Waals surface area contributed by atoms with Crippen LogP contribution in [0, 0.1) is 0 Å². The van der Waals surface area contributed by atoms with Crippen molar-refractivity contribution in [2.45, 2.75) is 20.0 Å². The SMILES string of the molecule is CCc1ccc2c(c1)c(=O)oc1cc(OCc3cccc(Br)c3)c(OC)cc12. The second-order valence-corrected chi connectivity index (χ2v) is 7.46. The van der Waals surface area contributed by atoms with Crippen LogP contribution >= 0.6 is 15.9 Å². The van der Waals surface area contributed by atoms with E-state index in [0.717, 1.165) is 32.8 Å². The third kappa shape index (κ3) is 3.50. The third-order valence-corrected chi connectivity index (χ3v) is 5.25. The van der Waals surface area contributed by atoms with Crippen molar-refractivity contribution in [1.29, 1.82) is 0 Å². The van der Waals surface area contributed by atoms with Crippen LogP contribution in [0.4, 0.5) is 0 Å². The van der Waals surface area contributed by atoms with E-state index in [-0.39, 0.29) is 5.63 Å². The van der Waals surface area contributed by atoms with E-state index >= 15 is 0 Å². The molecule has 4 aromatic rings. The number of rotatable bonds is 5. The summed E-state index contributed by atoms with van der Waals surface area (Å²) < 4.78 is 18.1. The maximum Gasteiger partial charge on any atom is 0.344 e. The zero-order valence-corrected chi connectivity index (χ0v) is 17.2. The lowest BCUT2D eigenvalue weighted by Crippen LogP contribution is -2.02. The van der Waals surface area contributed by atoms with Gasteiger partial charge in [-0.15, -0.1) is 0 Å². The Bertz CT molecular complexity index is 1230. The van der Waals surface area contributed by atoms with Crippen molar-refractivity contribution in [3.8, 4) is 11.5 Å². The number of hydrogen-bond acceptors (Lipinski definition) is 4. The fourth-order valence-corrected chi connectivity index (χ4v) is 3.71. The minimum Gasteiger partial charge on any atom is -0.493 e. The summed E-state index contributed by atoms with van der Waals surface area (Å²) in [6.45, 7) is 2.43. The molecule has 4 rings (SSSR count). The van der Waals surface area contributed by atoms with E-state index in [4.69, 9.17) is 13.9 Å². The van der Waals surface area contributed by atoms with Gasteiger partial charge >= 0.3 is 5.63 Å². The molecule has 0 unspecified atom stereocenters. The first-order chi connectivity index (χ1) is 13.6. The summed E-state index contributed by atoms with van der Waals surface area (Å²) in [7, 11) is 1.60. The average molecular weight is 439 g/mol. The van der Waals surface area contributed by atoms with Gasteiger partial charge in [0.2, 0.25) is 0 Å². The summed E-state index contributed by atoms with van der Waals surface area (Å²) in [5.41, 5.74) is 2.25. The Balaban J connectivity index is 1.80. The lowest BCUT2D eigenvalue weighted by molar-refractivity contribution is 0.284. The molecular formula is C23H19BrO4. The van der Waals surface area contributed by atoms with Gasteiger partial charge in [-0.05, 0) is 41.8 Å².